The molecule has 0 spiro atoms. The molecule has 0 aromatic carbocycles. The second kappa shape index (κ2) is 8.87. The maximum Gasteiger partial charge on any atom is 0.351 e. The summed E-state index contributed by atoms with van der Waals surface area (Å²) in [6.45, 7) is 1.42. The number of hydrogen-bond acceptors (Lipinski definition) is 10. The van der Waals surface area contributed by atoms with E-state index < -0.39 is 38.6 Å². The maximum atomic E-state index is 12.0. The van der Waals surface area contributed by atoms with Crippen LogP contribution in [0.5, 0.6) is 0 Å². The van der Waals surface area contributed by atoms with Crippen LogP contribution in [0.3, 0.4) is 0 Å². The highest BCUT2D eigenvalue weighted by Gasteiger charge is 2.39. The van der Waals surface area contributed by atoms with E-state index >= 15 is 0 Å². The van der Waals surface area contributed by atoms with Crippen molar-refractivity contribution in [2.75, 3.05) is 18.6 Å². The van der Waals surface area contributed by atoms with Crippen molar-refractivity contribution >= 4 is 35.2 Å². The van der Waals surface area contributed by atoms with Crippen LogP contribution in [0, 0.1) is 0 Å². The maximum absolute atomic E-state index is 12.0. The van der Waals surface area contributed by atoms with Crippen LogP contribution in [0.1, 0.15) is 19.6 Å². The van der Waals surface area contributed by atoms with Crippen molar-refractivity contribution < 1.29 is 28.3 Å². The van der Waals surface area contributed by atoms with Gasteiger partial charge < -0.3 is 29.5 Å². The number of anilines is 1. The molecule has 0 bridgehead atoms. The fraction of sp³-hybridized carbons (Fsp3) is 0.667. The molecule has 1 aromatic rings. The van der Waals surface area contributed by atoms with Crippen molar-refractivity contribution in [2.45, 2.75) is 37.2 Å². The quantitative estimate of drug-likeness (QED) is 0.345. The minimum atomic E-state index is -4.89. The van der Waals surface area contributed by atoms with Gasteiger partial charge in [-0.15, -0.1) is 0 Å². The lowest BCUT2D eigenvalue weighted by Gasteiger charge is -2.24. The average molecular weight is 412 g/mol. The highest BCUT2D eigenvalue weighted by Crippen LogP contribution is 2.37. The van der Waals surface area contributed by atoms with Crippen molar-refractivity contribution in [1.82, 2.24) is 9.55 Å². The van der Waals surface area contributed by atoms with E-state index in [2.05, 4.69) is 9.51 Å². The molecule has 2 heterocycles. The molecule has 2 unspecified atom stereocenters. The van der Waals surface area contributed by atoms with Crippen molar-refractivity contribution in [3.63, 3.8) is 0 Å². The minimum Gasteiger partial charge on any atom is -0.756 e. The molecule has 1 aromatic heterocycles. The first-order valence-corrected chi connectivity index (χ1v) is 11.3. The van der Waals surface area contributed by atoms with E-state index in [0.717, 1.165) is 0 Å². The first-order chi connectivity index (χ1) is 11.7. The van der Waals surface area contributed by atoms with E-state index in [1.165, 1.54) is 38.4 Å². The molecule has 3 N–H and O–H groups in total. The van der Waals surface area contributed by atoms with E-state index in [4.69, 9.17) is 20.1 Å². The third-order valence-corrected chi connectivity index (χ3v) is 5.78. The number of rotatable bonds is 8. The molecule has 1 aliphatic rings. The number of nitrogen functional groups attached to an aromatic ring is 1. The largest absolute Gasteiger partial charge is 0.756 e. The summed E-state index contributed by atoms with van der Waals surface area (Å²) in [7, 11) is -1.89. The smallest absolute Gasteiger partial charge is 0.351 e. The fourth-order valence-corrected chi connectivity index (χ4v) is 4.12. The number of nitrogens with zero attached hydrogens (tertiary/aromatic N) is 2. The fourth-order valence-electron chi connectivity index (χ4n) is 2.38. The number of ether oxygens (including phenoxy) is 2. The molecule has 142 valence electrons. The average Bonchev–Trinajstić information content (AvgIpc) is 2.87. The molecule has 1 fully saturated rings. The first kappa shape index (κ1) is 20.7. The first-order valence-electron chi connectivity index (χ1n) is 7.23. The van der Waals surface area contributed by atoms with Crippen LogP contribution in [-0.2, 0) is 18.6 Å². The molecule has 1 saturated heterocycles. The zero-order valence-corrected chi connectivity index (χ0v) is 16.0. The van der Waals surface area contributed by atoms with Gasteiger partial charge in [-0.3, -0.25) is 9.13 Å². The molecule has 5 atom stereocenters. The molecule has 0 amide bonds. The molecule has 10 nitrogen and oxygen atoms in total. The summed E-state index contributed by atoms with van der Waals surface area (Å²) in [5.41, 5.74) is 4.68. The minimum absolute atomic E-state index is 0.0875. The number of aromatic nitrogens is 2. The van der Waals surface area contributed by atoms with E-state index in [-0.39, 0.29) is 17.7 Å². The van der Waals surface area contributed by atoms with Gasteiger partial charge in [0.15, 0.2) is 0 Å². The molecule has 0 saturated carbocycles. The van der Waals surface area contributed by atoms with Gasteiger partial charge in [-0.25, -0.2) is 4.79 Å². The second-order valence-corrected chi connectivity index (χ2v) is 9.14. The Morgan fingerprint density at radius 3 is 3.00 bits per heavy atom. The summed E-state index contributed by atoms with van der Waals surface area (Å²) in [4.78, 5) is 35.2. The number of phosphoric ester groups is 1. The van der Waals surface area contributed by atoms with Crippen LogP contribution in [0.2, 0.25) is 0 Å². The number of phosphoric acid groups is 1. The van der Waals surface area contributed by atoms with Gasteiger partial charge in [0.05, 0.1) is 12.7 Å². The monoisotopic (exact) mass is 412 g/mol. The predicted molar refractivity (Wildman–Crippen MR) is 92.7 cm³/mol. The van der Waals surface area contributed by atoms with Crippen molar-refractivity contribution in [3.8, 4) is 0 Å². The molecule has 0 radical (unpaired) electrons. The SMILES string of the molecule is CSS[C@@H](C)OC1C[C@H](n2ccc(N)nc2=O)O[C@@H]1COP(=O)([O-])O. The lowest BCUT2D eigenvalue weighted by molar-refractivity contribution is -0.223. The zero-order chi connectivity index (χ0) is 18.6. The predicted octanol–water partition coefficient (Wildman–Crippen LogP) is 0.333. The zero-order valence-electron chi connectivity index (χ0n) is 13.5. The van der Waals surface area contributed by atoms with Crippen molar-refractivity contribution in [3.05, 3.63) is 22.7 Å². The Hall–Kier alpha value is -0.590. The standard InChI is InChI=1S/C12H20N3O7PS2/c1-7(25-24-2)21-8-5-11(15-4-3-10(13)14-12(15)16)22-9(8)6-20-23(17,18)19/h3-4,7-9,11H,5-6H2,1-2H3,(H2,13,14,16)(H2,17,18,19)/p-1/t7-,8?,9+,11+/m0/s1. The van der Waals surface area contributed by atoms with Gasteiger partial charge in [-0.2, -0.15) is 4.98 Å². The summed E-state index contributed by atoms with van der Waals surface area (Å²) in [5, 5.41) is 0. The topological polar surface area (TPSA) is 149 Å². The number of hydrogen-bond donors (Lipinski definition) is 2. The van der Waals surface area contributed by atoms with Gasteiger partial charge >= 0.3 is 5.69 Å². The molecular weight excluding hydrogens is 393 g/mol. The van der Waals surface area contributed by atoms with Crippen LogP contribution < -0.4 is 16.3 Å². The second-order valence-electron chi connectivity index (χ2n) is 5.18. The normalized spacial score (nSPS) is 27.1. The molecule has 25 heavy (non-hydrogen) atoms. The van der Waals surface area contributed by atoms with Crippen LogP contribution in [0.4, 0.5) is 5.82 Å². The van der Waals surface area contributed by atoms with Crippen molar-refractivity contribution in [1.29, 1.82) is 0 Å². The molecule has 0 aliphatic carbocycles. The summed E-state index contributed by atoms with van der Waals surface area (Å²) in [6, 6.07) is 1.45. The lowest BCUT2D eigenvalue weighted by Crippen LogP contribution is -2.31. The Balaban J connectivity index is 2.13. The lowest BCUT2D eigenvalue weighted by atomic mass is 10.2. The van der Waals surface area contributed by atoms with Crippen LogP contribution in [0.15, 0.2) is 17.1 Å². The highest BCUT2D eigenvalue weighted by atomic mass is 33.1. The van der Waals surface area contributed by atoms with Gasteiger partial charge in [-0.1, -0.05) is 21.6 Å². The molecule has 13 heteroatoms. The Morgan fingerprint density at radius 1 is 1.68 bits per heavy atom. The van der Waals surface area contributed by atoms with Gasteiger partial charge in [-0.05, 0) is 19.2 Å². The summed E-state index contributed by atoms with van der Waals surface area (Å²) in [6.07, 6.45) is 1.60. The Bertz CT molecular complexity index is 685. The van der Waals surface area contributed by atoms with Crippen molar-refractivity contribution in [2.24, 2.45) is 0 Å². The van der Waals surface area contributed by atoms with Gasteiger partial charge in [0, 0.05) is 12.6 Å². The molecule has 2 rings (SSSR count). The van der Waals surface area contributed by atoms with Gasteiger partial charge in [0.25, 0.3) is 7.82 Å². The van der Waals surface area contributed by atoms with Gasteiger partial charge in [0.1, 0.15) is 23.6 Å². The molecular formula is C12H19N3O7PS2-. The van der Waals surface area contributed by atoms with E-state index in [0.29, 0.717) is 0 Å². The molecule has 1 aliphatic heterocycles. The Kier molecular flexibility index (Phi) is 7.35. The van der Waals surface area contributed by atoms with E-state index in [1.807, 2.05) is 13.2 Å². The third kappa shape index (κ3) is 6.26. The van der Waals surface area contributed by atoms with Crippen LogP contribution in [-0.4, -0.2) is 45.0 Å². The Labute approximate surface area is 152 Å². The van der Waals surface area contributed by atoms with E-state index in [9.17, 15) is 14.3 Å². The highest BCUT2D eigenvalue weighted by molar-refractivity contribution is 8.76. The summed E-state index contributed by atoms with van der Waals surface area (Å²) >= 11 is 0. The van der Waals surface area contributed by atoms with Gasteiger partial charge in [0.2, 0.25) is 0 Å². The Morgan fingerprint density at radius 2 is 2.40 bits per heavy atom. The third-order valence-electron chi connectivity index (χ3n) is 3.34. The summed E-state index contributed by atoms with van der Waals surface area (Å²) < 4.78 is 28.1. The van der Waals surface area contributed by atoms with E-state index in [1.54, 1.807) is 0 Å². The van der Waals surface area contributed by atoms with Crippen LogP contribution in [0.25, 0.3) is 0 Å². The summed E-state index contributed by atoms with van der Waals surface area (Å²) in [5.74, 6) is 0.0875. The number of nitrogens with two attached hydrogens (primary N) is 1. The van der Waals surface area contributed by atoms with Crippen LogP contribution >= 0.6 is 29.4 Å².